The number of nitrogens with zero attached hydrogens (tertiary/aromatic N) is 2. The first-order chi connectivity index (χ1) is 13.6. The number of amides is 2. The number of rotatable bonds is 8. The van der Waals surface area contributed by atoms with Crippen LogP contribution in [0.3, 0.4) is 0 Å². The van der Waals surface area contributed by atoms with Crippen molar-refractivity contribution in [1.29, 1.82) is 0 Å². The Balaban J connectivity index is 1.66. The van der Waals surface area contributed by atoms with Crippen molar-refractivity contribution in [3.05, 3.63) is 60.2 Å². The Kier molecular flexibility index (Phi) is 6.53. The standard InChI is InChI=1S/C22H26N2O4/c1-3-27-18-10-7-11-19(15-18)28-13-12-24-20(14-17-8-5-4-6-9-17)22(26)23(2)16-21(24)25/h4-11,15,20H,3,12-14,16H2,1-2H3/t20-/m0/s1. The van der Waals surface area contributed by atoms with E-state index in [1.807, 2.05) is 61.5 Å². The van der Waals surface area contributed by atoms with E-state index in [1.165, 1.54) is 4.90 Å². The Morgan fingerprint density at radius 1 is 1.00 bits per heavy atom. The van der Waals surface area contributed by atoms with Gasteiger partial charge in [-0.25, -0.2) is 0 Å². The normalized spacial score (nSPS) is 17.0. The maximum atomic E-state index is 12.7. The van der Waals surface area contributed by atoms with E-state index in [2.05, 4.69) is 0 Å². The summed E-state index contributed by atoms with van der Waals surface area (Å²) in [6, 6.07) is 16.7. The van der Waals surface area contributed by atoms with Gasteiger partial charge >= 0.3 is 0 Å². The minimum absolute atomic E-state index is 0.0400. The number of hydrogen-bond donors (Lipinski definition) is 0. The van der Waals surface area contributed by atoms with Crippen molar-refractivity contribution >= 4 is 11.8 Å². The lowest BCUT2D eigenvalue weighted by molar-refractivity contribution is -0.154. The second-order valence-corrected chi connectivity index (χ2v) is 6.74. The van der Waals surface area contributed by atoms with Gasteiger partial charge in [0.1, 0.15) is 24.1 Å². The summed E-state index contributed by atoms with van der Waals surface area (Å²) in [5, 5.41) is 0. The topological polar surface area (TPSA) is 59.1 Å². The lowest BCUT2D eigenvalue weighted by Gasteiger charge is -2.38. The Morgan fingerprint density at radius 2 is 1.71 bits per heavy atom. The van der Waals surface area contributed by atoms with Gasteiger partial charge in [-0.3, -0.25) is 9.59 Å². The zero-order valence-corrected chi connectivity index (χ0v) is 16.3. The highest BCUT2D eigenvalue weighted by Crippen LogP contribution is 2.20. The summed E-state index contributed by atoms with van der Waals surface area (Å²) < 4.78 is 11.3. The van der Waals surface area contributed by atoms with E-state index in [-0.39, 0.29) is 18.4 Å². The van der Waals surface area contributed by atoms with Gasteiger partial charge in [0.2, 0.25) is 11.8 Å². The molecule has 0 spiro atoms. The van der Waals surface area contributed by atoms with Crippen molar-refractivity contribution in [3.8, 4) is 11.5 Å². The van der Waals surface area contributed by atoms with Gasteiger partial charge in [-0.1, -0.05) is 36.4 Å². The van der Waals surface area contributed by atoms with Gasteiger partial charge in [-0.05, 0) is 24.6 Å². The SMILES string of the molecule is CCOc1cccc(OCCN2C(=O)CN(C)C(=O)[C@@H]2Cc2ccccc2)c1. The van der Waals surface area contributed by atoms with Crippen LogP contribution < -0.4 is 9.47 Å². The fraction of sp³-hybridized carbons (Fsp3) is 0.364. The summed E-state index contributed by atoms with van der Waals surface area (Å²) in [5.74, 6) is 1.32. The van der Waals surface area contributed by atoms with Gasteiger partial charge in [0.25, 0.3) is 0 Å². The van der Waals surface area contributed by atoms with E-state index in [4.69, 9.17) is 9.47 Å². The third-order valence-corrected chi connectivity index (χ3v) is 4.72. The number of likely N-dealkylation sites (N-methyl/N-ethyl adjacent to an activating group) is 1. The highest BCUT2D eigenvalue weighted by Gasteiger charge is 2.37. The van der Waals surface area contributed by atoms with Crippen molar-refractivity contribution in [2.24, 2.45) is 0 Å². The van der Waals surface area contributed by atoms with Crippen LogP contribution >= 0.6 is 0 Å². The molecule has 2 amide bonds. The van der Waals surface area contributed by atoms with Gasteiger partial charge in [0.05, 0.1) is 19.7 Å². The second-order valence-electron chi connectivity index (χ2n) is 6.74. The third kappa shape index (κ3) is 4.82. The number of carbonyl (C=O) groups excluding carboxylic acids is 2. The van der Waals surface area contributed by atoms with Crippen molar-refractivity contribution in [3.63, 3.8) is 0 Å². The molecule has 1 atom stereocenters. The lowest BCUT2D eigenvalue weighted by Crippen LogP contribution is -2.60. The first-order valence-electron chi connectivity index (χ1n) is 9.52. The van der Waals surface area contributed by atoms with Gasteiger partial charge in [0.15, 0.2) is 0 Å². The van der Waals surface area contributed by atoms with Crippen molar-refractivity contribution in [2.45, 2.75) is 19.4 Å². The van der Waals surface area contributed by atoms with Crippen LogP contribution in [0.1, 0.15) is 12.5 Å². The summed E-state index contributed by atoms with van der Waals surface area (Å²) in [5.41, 5.74) is 1.03. The van der Waals surface area contributed by atoms with Crippen LogP contribution in [-0.4, -0.2) is 61.0 Å². The molecule has 0 N–H and O–H groups in total. The Hall–Kier alpha value is -3.02. The molecule has 2 aromatic carbocycles. The van der Waals surface area contributed by atoms with E-state index in [0.29, 0.717) is 31.9 Å². The number of piperazine rings is 1. The van der Waals surface area contributed by atoms with E-state index < -0.39 is 6.04 Å². The van der Waals surface area contributed by atoms with E-state index in [0.717, 1.165) is 11.3 Å². The highest BCUT2D eigenvalue weighted by molar-refractivity contribution is 5.94. The molecule has 0 unspecified atom stereocenters. The highest BCUT2D eigenvalue weighted by atomic mass is 16.5. The zero-order valence-electron chi connectivity index (χ0n) is 16.3. The minimum atomic E-state index is -0.507. The Labute approximate surface area is 165 Å². The van der Waals surface area contributed by atoms with Gasteiger partial charge in [-0.15, -0.1) is 0 Å². The first kappa shape index (κ1) is 19.7. The molecular formula is C22H26N2O4. The number of ether oxygens (including phenoxy) is 2. The van der Waals surface area contributed by atoms with Crippen molar-refractivity contribution < 1.29 is 19.1 Å². The molecule has 0 aromatic heterocycles. The van der Waals surface area contributed by atoms with Crippen LogP contribution in [0.2, 0.25) is 0 Å². The van der Waals surface area contributed by atoms with Crippen LogP contribution in [-0.2, 0) is 16.0 Å². The first-order valence-corrected chi connectivity index (χ1v) is 9.52. The molecular weight excluding hydrogens is 356 g/mol. The van der Waals surface area contributed by atoms with Gasteiger partial charge in [-0.2, -0.15) is 0 Å². The van der Waals surface area contributed by atoms with Gasteiger partial charge < -0.3 is 19.3 Å². The lowest BCUT2D eigenvalue weighted by atomic mass is 10.0. The Bertz CT molecular complexity index is 809. The van der Waals surface area contributed by atoms with Crippen LogP contribution in [0.25, 0.3) is 0 Å². The zero-order chi connectivity index (χ0) is 19.9. The molecule has 0 radical (unpaired) electrons. The maximum Gasteiger partial charge on any atom is 0.245 e. The van der Waals surface area contributed by atoms with Crippen LogP contribution in [0.5, 0.6) is 11.5 Å². The molecule has 28 heavy (non-hydrogen) atoms. The van der Waals surface area contributed by atoms with Gasteiger partial charge in [0, 0.05) is 19.5 Å². The molecule has 1 aliphatic heterocycles. The Morgan fingerprint density at radius 3 is 2.43 bits per heavy atom. The molecule has 0 bridgehead atoms. The number of carbonyl (C=O) groups is 2. The summed E-state index contributed by atoms with van der Waals surface area (Å²) in [4.78, 5) is 28.4. The summed E-state index contributed by atoms with van der Waals surface area (Å²) >= 11 is 0. The summed E-state index contributed by atoms with van der Waals surface area (Å²) in [7, 11) is 1.67. The average Bonchev–Trinajstić information content (AvgIpc) is 2.69. The predicted molar refractivity (Wildman–Crippen MR) is 106 cm³/mol. The second kappa shape index (κ2) is 9.26. The third-order valence-electron chi connectivity index (χ3n) is 4.72. The molecule has 2 aromatic rings. The molecule has 0 aliphatic carbocycles. The number of benzene rings is 2. The molecule has 1 aliphatic rings. The van der Waals surface area contributed by atoms with E-state index in [9.17, 15) is 9.59 Å². The average molecular weight is 382 g/mol. The smallest absolute Gasteiger partial charge is 0.245 e. The van der Waals surface area contributed by atoms with E-state index in [1.54, 1.807) is 11.9 Å². The monoisotopic (exact) mass is 382 g/mol. The molecule has 148 valence electrons. The van der Waals surface area contributed by atoms with Crippen LogP contribution in [0.15, 0.2) is 54.6 Å². The fourth-order valence-corrected chi connectivity index (χ4v) is 3.33. The van der Waals surface area contributed by atoms with E-state index >= 15 is 0 Å². The summed E-state index contributed by atoms with van der Waals surface area (Å²) in [6.07, 6.45) is 0.496. The van der Waals surface area contributed by atoms with Crippen LogP contribution in [0.4, 0.5) is 0 Å². The fourth-order valence-electron chi connectivity index (χ4n) is 3.33. The maximum absolute atomic E-state index is 12.7. The number of hydrogen-bond acceptors (Lipinski definition) is 4. The molecule has 1 fully saturated rings. The van der Waals surface area contributed by atoms with Crippen molar-refractivity contribution in [2.75, 3.05) is 33.4 Å². The molecule has 6 nitrogen and oxygen atoms in total. The summed E-state index contributed by atoms with van der Waals surface area (Å²) in [6.45, 7) is 3.28. The van der Waals surface area contributed by atoms with Crippen LogP contribution in [0, 0.1) is 0 Å². The molecule has 0 saturated carbocycles. The molecule has 6 heteroatoms. The largest absolute Gasteiger partial charge is 0.494 e. The quantitative estimate of drug-likeness (QED) is 0.703. The molecule has 1 saturated heterocycles. The van der Waals surface area contributed by atoms with Crippen molar-refractivity contribution in [1.82, 2.24) is 9.80 Å². The molecule has 1 heterocycles. The molecule has 3 rings (SSSR count). The minimum Gasteiger partial charge on any atom is -0.494 e. The predicted octanol–water partition coefficient (Wildman–Crippen LogP) is 2.38.